The Morgan fingerprint density at radius 2 is 1.88 bits per heavy atom. The maximum atomic E-state index is 11.5. The molecule has 1 aromatic carbocycles. The van der Waals surface area contributed by atoms with Crippen molar-refractivity contribution in [1.29, 1.82) is 0 Å². The highest BCUT2D eigenvalue weighted by molar-refractivity contribution is 5.81. The van der Waals surface area contributed by atoms with E-state index in [2.05, 4.69) is 0 Å². The van der Waals surface area contributed by atoms with E-state index in [0.29, 0.717) is 6.61 Å². The monoisotopic (exact) mass is 234 g/mol. The lowest BCUT2D eigenvalue weighted by Crippen LogP contribution is -2.32. The van der Waals surface area contributed by atoms with Crippen molar-refractivity contribution in [2.24, 2.45) is 0 Å². The Morgan fingerprint density at radius 3 is 2.35 bits per heavy atom. The van der Waals surface area contributed by atoms with Gasteiger partial charge in [0.15, 0.2) is 0 Å². The molecule has 0 saturated heterocycles. The van der Waals surface area contributed by atoms with Crippen molar-refractivity contribution < 1.29 is 14.6 Å². The van der Waals surface area contributed by atoms with Crippen LogP contribution in [0.5, 0.6) is 5.75 Å². The third-order valence-electron chi connectivity index (χ3n) is 3.58. The van der Waals surface area contributed by atoms with Gasteiger partial charge >= 0.3 is 5.97 Å². The fourth-order valence-corrected chi connectivity index (χ4v) is 2.64. The van der Waals surface area contributed by atoms with Crippen LogP contribution in [0.15, 0.2) is 24.3 Å². The third kappa shape index (κ3) is 2.14. The number of rotatable bonds is 4. The number of ether oxygens (including phenoxy) is 1. The molecule has 0 bridgehead atoms. The zero-order valence-electron chi connectivity index (χ0n) is 10.1. The van der Waals surface area contributed by atoms with E-state index in [1.165, 1.54) is 0 Å². The molecule has 0 atom stereocenters. The van der Waals surface area contributed by atoms with E-state index in [1.54, 1.807) is 0 Å². The van der Waals surface area contributed by atoms with Crippen molar-refractivity contribution in [3.8, 4) is 5.75 Å². The van der Waals surface area contributed by atoms with Gasteiger partial charge in [0.2, 0.25) is 0 Å². The van der Waals surface area contributed by atoms with Crippen LogP contribution in [0.3, 0.4) is 0 Å². The number of aliphatic carboxylic acids is 1. The van der Waals surface area contributed by atoms with Gasteiger partial charge in [0, 0.05) is 0 Å². The Balaban J connectivity index is 2.28. The van der Waals surface area contributed by atoms with E-state index in [4.69, 9.17) is 4.74 Å². The first-order valence-corrected chi connectivity index (χ1v) is 6.16. The minimum Gasteiger partial charge on any atom is -0.494 e. The van der Waals surface area contributed by atoms with Gasteiger partial charge < -0.3 is 9.84 Å². The fourth-order valence-electron chi connectivity index (χ4n) is 2.64. The predicted octanol–water partition coefficient (Wildman–Crippen LogP) is 2.98. The Bertz CT molecular complexity index is 388. The minimum atomic E-state index is -0.695. The number of carboxylic acid groups (broad SMARTS) is 1. The summed E-state index contributed by atoms with van der Waals surface area (Å²) in [6.45, 7) is 2.56. The van der Waals surface area contributed by atoms with E-state index in [0.717, 1.165) is 37.0 Å². The van der Waals surface area contributed by atoms with Gasteiger partial charge in [0.1, 0.15) is 5.75 Å². The zero-order valence-corrected chi connectivity index (χ0v) is 10.1. The Morgan fingerprint density at radius 1 is 1.29 bits per heavy atom. The Labute approximate surface area is 101 Å². The lowest BCUT2D eigenvalue weighted by molar-refractivity contribution is -0.143. The van der Waals surface area contributed by atoms with Crippen LogP contribution in [0.2, 0.25) is 0 Å². The van der Waals surface area contributed by atoms with Crippen LogP contribution in [-0.4, -0.2) is 17.7 Å². The molecule has 1 aromatic rings. The quantitative estimate of drug-likeness (QED) is 0.871. The molecule has 3 heteroatoms. The summed E-state index contributed by atoms with van der Waals surface area (Å²) in [6.07, 6.45) is 3.49. The number of hydrogen-bond donors (Lipinski definition) is 1. The molecule has 0 spiro atoms. The molecule has 0 radical (unpaired) electrons. The van der Waals surface area contributed by atoms with Crippen LogP contribution < -0.4 is 4.74 Å². The van der Waals surface area contributed by atoms with Gasteiger partial charge in [-0.15, -0.1) is 0 Å². The summed E-state index contributed by atoms with van der Waals surface area (Å²) < 4.78 is 5.37. The summed E-state index contributed by atoms with van der Waals surface area (Å²) in [5, 5.41) is 9.46. The lowest BCUT2D eigenvalue weighted by atomic mass is 9.79. The standard InChI is InChI=1S/C14H18O3/c1-2-17-12-7-5-11(6-8-12)14(13(15)16)9-3-4-10-14/h5-8H,2-4,9-10H2,1H3,(H,15,16). The first kappa shape index (κ1) is 12.0. The highest BCUT2D eigenvalue weighted by Crippen LogP contribution is 2.41. The summed E-state index contributed by atoms with van der Waals surface area (Å²) in [7, 11) is 0. The van der Waals surface area contributed by atoms with Crippen molar-refractivity contribution in [3.63, 3.8) is 0 Å². The average molecular weight is 234 g/mol. The minimum absolute atomic E-state index is 0.628. The van der Waals surface area contributed by atoms with Crippen molar-refractivity contribution in [1.82, 2.24) is 0 Å². The predicted molar refractivity (Wildman–Crippen MR) is 65.4 cm³/mol. The molecule has 0 aromatic heterocycles. The van der Waals surface area contributed by atoms with Crippen LogP contribution >= 0.6 is 0 Å². The summed E-state index contributed by atoms with van der Waals surface area (Å²) in [5.74, 6) is 0.106. The average Bonchev–Trinajstić information content (AvgIpc) is 2.81. The first-order valence-electron chi connectivity index (χ1n) is 6.16. The normalized spacial score (nSPS) is 17.9. The third-order valence-corrected chi connectivity index (χ3v) is 3.58. The molecule has 2 rings (SSSR count). The van der Waals surface area contributed by atoms with E-state index in [1.807, 2.05) is 31.2 Å². The van der Waals surface area contributed by atoms with Crippen LogP contribution in [0.4, 0.5) is 0 Å². The molecule has 1 fully saturated rings. The van der Waals surface area contributed by atoms with Crippen LogP contribution in [0.25, 0.3) is 0 Å². The molecule has 0 aliphatic heterocycles. The molecule has 0 heterocycles. The molecule has 0 amide bonds. The smallest absolute Gasteiger partial charge is 0.314 e. The van der Waals surface area contributed by atoms with Crippen LogP contribution in [0, 0.1) is 0 Å². The van der Waals surface area contributed by atoms with Crippen molar-refractivity contribution in [2.45, 2.75) is 38.0 Å². The SMILES string of the molecule is CCOc1ccc(C2(C(=O)O)CCCC2)cc1. The second kappa shape index (κ2) is 4.78. The van der Waals surface area contributed by atoms with E-state index in [-0.39, 0.29) is 0 Å². The maximum Gasteiger partial charge on any atom is 0.314 e. The van der Waals surface area contributed by atoms with Gasteiger partial charge in [-0.3, -0.25) is 4.79 Å². The second-order valence-electron chi connectivity index (χ2n) is 4.55. The van der Waals surface area contributed by atoms with Gasteiger partial charge in [-0.05, 0) is 37.5 Å². The molecular weight excluding hydrogens is 216 g/mol. The van der Waals surface area contributed by atoms with Gasteiger partial charge in [0.05, 0.1) is 12.0 Å². The first-order chi connectivity index (χ1) is 8.19. The molecule has 17 heavy (non-hydrogen) atoms. The van der Waals surface area contributed by atoms with E-state index >= 15 is 0 Å². The Kier molecular flexibility index (Phi) is 3.36. The molecule has 3 nitrogen and oxygen atoms in total. The largest absolute Gasteiger partial charge is 0.494 e. The maximum absolute atomic E-state index is 11.5. The van der Waals surface area contributed by atoms with E-state index < -0.39 is 11.4 Å². The number of hydrogen-bond acceptors (Lipinski definition) is 2. The molecule has 92 valence electrons. The molecule has 1 aliphatic rings. The van der Waals surface area contributed by atoms with Gasteiger partial charge in [-0.25, -0.2) is 0 Å². The molecule has 1 saturated carbocycles. The van der Waals surface area contributed by atoms with Crippen molar-refractivity contribution in [3.05, 3.63) is 29.8 Å². The highest BCUT2D eigenvalue weighted by atomic mass is 16.5. The molecule has 0 unspecified atom stereocenters. The van der Waals surface area contributed by atoms with E-state index in [9.17, 15) is 9.90 Å². The highest BCUT2D eigenvalue weighted by Gasteiger charge is 2.42. The van der Waals surface area contributed by atoms with Crippen LogP contribution in [-0.2, 0) is 10.2 Å². The summed E-state index contributed by atoms with van der Waals surface area (Å²) in [6, 6.07) is 7.51. The van der Waals surface area contributed by atoms with Crippen LogP contribution in [0.1, 0.15) is 38.2 Å². The molecular formula is C14H18O3. The Hall–Kier alpha value is -1.51. The number of carbonyl (C=O) groups is 1. The summed E-state index contributed by atoms with van der Waals surface area (Å²) >= 11 is 0. The summed E-state index contributed by atoms with van der Waals surface area (Å²) in [5.41, 5.74) is 0.246. The molecule has 1 aliphatic carbocycles. The zero-order chi connectivity index (χ0) is 12.3. The fraction of sp³-hybridized carbons (Fsp3) is 0.500. The number of carboxylic acids is 1. The van der Waals surface area contributed by atoms with Gasteiger partial charge in [0.25, 0.3) is 0 Å². The van der Waals surface area contributed by atoms with Gasteiger partial charge in [-0.1, -0.05) is 25.0 Å². The number of benzene rings is 1. The second-order valence-corrected chi connectivity index (χ2v) is 4.55. The summed E-state index contributed by atoms with van der Waals surface area (Å²) in [4.78, 5) is 11.5. The van der Waals surface area contributed by atoms with Gasteiger partial charge in [-0.2, -0.15) is 0 Å². The van der Waals surface area contributed by atoms with Crippen molar-refractivity contribution in [2.75, 3.05) is 6.61 Å². The topological polar surface area (TPSA) is 46.5 Å². The molecule has 1 N–H and O–H groups in total. The lowest BCUT2D eigenvalue weighted by Gasteiger charge is -2.24. The van der Waals surface area contributed by atoms with Crippen molar-refractivity contribution >= 4 is 5.97 Å².